The highest BCUT2D eigenvalue weighted by atomic mass is 16.1. The lowest BCUT2D eigenvalue weighted by Gasteiger charge is -2.13. The summed E-state index contributed by atoms with van der Waals surface area (Å²) in [5.74, 6) is 0.728. The highest BCUT2D eigenvalue weighted by Crippen LogP contribution is 2.43. The first kappa shape index (κ1) is 11.9. The summed E-state index contributed by atoms with van der Waals surface area (Å²) in [7, 11) is 0. The lowest BCUT2D eigenvalue weighted by atomic mass is 9.89. The molecule has 0 bridgehead atoms. The van der Waals surface area contributed by atoms with Crippen molar-refractivity contribution in [1.82, 2.24) is 4.98 Å². The standard InChI is InChI=1S/C17H17NO2/c1-8-6-11-16(15-9(2)7-13(20)14(8)15)10-4-3-5-12(19)17(10)18-11/h6,9,18H,3-5,7H2,1-2H3. The molecule has 2 aliphatic carbocycles. The van der Waals surface area contributed by atoms with Crippen molar-refractivity contribution >= 4 is 22.5 Å². The van der Waals surface area contributed by atoms with Crippen LogP contribution in [-0.4, -0.2) is 16.6 Å². The summed E-state index contributed by atoms with van der Waals surface area (Å²) in [5.41, 5.74) is 6.08. The molecule has 0 aliphatic heterocycles. The SMILES string of the molecule is Cc1cc2[nH]c3c(c2c2c1C(=O)CC2C)CCCC3=O. The van der Waals surface area contributed by atoms with E-state index in [0.717, 1.165) is 46.1 Å². The van der Waals surface area contributed by atoms with Crippen LogP contribution in [0.2, 0.25) is 0 Å². The third-order valence-electron chi connectivity index (χ3n) is 4.80. The highest BCUT2D eigenvalue weighted by molar-refractivity contribution is 6.11. The molecule has 1 aromatic heterocycles. The van der Waals surface area contributed by atoms with Gasteiger partial charge in [0, 0.05) is 29.3 Å². The van der Waals surface area contributed by atoms with E-state index in [4.69, 9.17) is 0 Å². The Morgan fingerprint density at radius 3 is 2.80 bits per heavy atom. The summed E-state index contributed by atoms with van der Waals surface area (Å²) in [6.07, 6.45) is 3.10. The van der Waals surface area contributed by atoms with Crippen LogP contribution in [0, 0.1) is 6.92 Å². The molecule has 4 rings (SSSR count). The van der Waals surface area contributed by atoms with Crippen molar-refractivity contribution in [2.45, 2.75) is 45.4 Å². The molecule has 1 aromatic carbocycles. The molecule has 1 N–H and O–H groups in total. The van der Waals surface area contributed by atoms with E-state index < -0.39 is 0 Å². The zero-order chi connectivity index (χ0) is 14.0. The number of carbonyl (C=O) groups excluding carboxylic acids is 2. The van der Waals surface area contributed by atoms with Gasteiger partial charge in [-0.15, -0.1) is 0 Å². The monoisotopic (exact) mass is 267 g/mol. The number of fused-ring (bicyclic) bond motifs is 5. The second-order valence-corrected chi connectivity index (χ2v) is 6.19. The van der Waals surface area contributed by atoms with Crippen LogP contribution in [0.4, 0.5) is 0 Å². The van der Waals surface area contributed by atoms with E-state index in [1.54, 1.807) is 0 Å². The van der Waals surface area contributed by atoms with Crippen molar-refractivity contribution in [3.63, 3.8) is 0 Å². The third-order valence-corrected chi connectivity index (χ3v) is 4.80. The molecule has 1 atom stereocenters. The van der Waals surface area contributed by atoms with Gasteiger partial charge in [0.1, 0.15) is 0 Å². The van der Waals surface area contributed by atoms with E-state index in [-0.39, 0.29) is 17.5 Å². The zero-order valence-electron chi connectivity index (χ0n) is 11.8. The zero-order valence-corrected chi connectivity index (χ0v) is 11.8. The summed E-state index contributed by atoms with van der Waals surface area (Å²) >= 11 is 0. The van der Waals surface area contributed by atoms with Gasteiger partial charge in [-0.1, -0.05) is 6.92 Å². The molecule has 0 saturated heterocycles. The number of Topliss-reactive ketones (excluding diaryl/α,β-unsaturated/α-hetero) is 2. The number of H-pyrrole nitrogens is 1. The molecule has 0 amide bonds. The fourth-order valence-corrected chi connectivity index (χ4v) is 3.99. The summed E-state index contributed by atoms with van der Waals surface area (Å²) < 4.78 is 0. The second-order valence-electron chi connectivity index (χ2n) is 6.19. The Labute approximate surface area is 117 Å². The van der Waals surface area contributed by atoms with Crippen molar-refractivity contribution in [1.29, 1.82) is 0 Å². The van der Waals surface area contributed by atoms with Gasteiger partial charge in [0.05, 0.1) is 5.69 Å². The van der Waals surface area contributed by atoms with Crippen LogP contribution in [0.3, 0.4) is 0 Å². The first-order valence-corrected chi connectivity index (χ1v) is 7.32. The first-order chi connectivity index (χ1) is 9.58. The quantitative estimate of drug-likeness (QED) is 0.791. The summed E-state index contributed by atoms with van der Waals surface area (Å²) in [4.78, 5) is 27.6. The molecular formula is C17H17NO2. The third kappa shape index (κ3) is 1.35. The maximum absolute atomic E-state index is 12.2. The van der Waals surface area contributed by atoms with Crippen LogP contribution < -0.4 is 0 Å². The Balaban J connectivity index is 2.16. The minimum absolute atomic E-state index is 0.214. The summed E-state index contributed by atoms with van der Waals surface area (Å²) in [6.45, 7) is 4.11. The van der Waals surface area contributed by atoms with Crippen molar-refractivity contribution in [3.8, 4) is 0 Å². The molecule has 1 unspecified atom stereocenters. The number of carbonyl (C=O) groups is 2. The molecule has 102 valence electrons. The molecule has 3 heteroatoms. The number of aromatic nitrogens is 1. The number of aryl methyl sites for hydroxylation is 2. The van der Waals surface area contributed by atoms with E-state index >= 15 is 0 Å². The molecule has 0 spiro atoms. The Morgan fingerprint density at radius 2 is 2.00 bits per heavy atom. The van der Waals surface area contributed by atoms with Gasteiger partial charge in [0.2, 0.25) is 0 Å². The predicted molar refractivity (Wildman–Crippen MR) is 77.7 cm³/mol. The fourth-order valence-electron chi connectivity index (χ4n) is 3.99. The Bertz CT molecular complexity index is 782. The van der Waals surface area contributed by atoms with Gasteiger partial charge in [-0.05, 0) is 48.4 Å². The van der Waals surface area contributed by atoms with Crippen LogP contribution in [-0.2, 0) is 6.42 Å². The lowest BCUT2D eigenvalue weighted by molar-refractivity contribution is 0.0965. The van der Waals surface area contributed by atoms with E-state index in [1.807, 2.05) is 13.0 Å². The molecule has 2 aromatic rings. The van der Waals surface area contributed by atoms with Crippen molar-refractivity contribution < 1.29 is 9.59 Å². The van der Waals surface area contributed by atoms with Crippen LogP contribution in [0.25, 0.3) is 10.9 Å². The number of hydrogen-bond donors (Lipinski definition) is 1. The number of benzene rings is 1. The molecule has 2 aliphatic rings. The number of ketones is 2. The smallest absolute Gasteiger partial charge is 0.179 e. The largest absolute Gasteiger partial charge is 0.352 e. The maximum atomic E-state index is 12.2. The molecule has 0 saturated carbocycles. The average molecular weight is 267 g/mol. The number of rotatable bonds is 0. The topological polar surface area (TPSA) is 49.9 Å². The Hall–Kier alpha value is -1.90. The molecule has 1 heterocycles. The number of aromatic amines is 1. The van der Waals surface area contributed by atoms with E-state index in [0.29, 0.717) is 12.8 Å². The van der Waals surface area contributed by atoms with E-state index in [9.17, 15) is 9.59 Å². The highest BCUT2D eigenvalue weighted by Gasteiger charge is 2.33. The van der Waals surface area contributed by atoms with Gasteiger partial charge in [-0.25, -0.2) is 0 Å². The van der Waals surface area contributed by atoms with Gasteiger partial charge >= 0.3 is 0 Å². The molecule has 0 fully saturated rings. The molecular weight excluding hydrogens is 250 g/mol. The van der Waals surface area contributed by atoms with E-state index in [1.165, 1.54) is 5.56 Å². The summed E-state index contributed by atoms with van der Waals surface area (Å²) in [5, 5.41) is 1.16. The molecule has 20 heavy (non-hydrogen) atoms. The molecule has 0 radical (unpaired) electrons. The number of hydrogen-bond acceptors (Lipinski definition) is 2. The van der Waals surface area contributed by atoms with Crippen LogP contribution in [0.1, 0.15) is 69.6 Å². The van der Waals surface area contributed by atoms with Gasteiger partial charge in [-0.3, -0.25) is 9.59 Å². The minimum Gasteiger partial charge on any atom is -0.352 e. The van der Waals surface area contributed by atoms with Crippen molar-refractivity contribution in [2.24, 2.45) is 0 Å². The van der Waals surface area contributed by atoms with Gasteiger partial charge in [0.25, 0.3) is 0 Å². The summed E-state index contributed by atoms with van der Waals surface area (Å²) in [6, 6.07) is 2.04. The van der Waals surface area contributed by atoms with Crippen LogP contribution in [0.5, 0.6) is 0 Å². The van der Waals surface area contributed by atoms with Gasteiger partial charge in [-0.2, -0.15) is 0 Å². The predicted octanol–water partition coefficient (Wildman–Crippen LogP) is 3.69. The minimum atomic E-state index is 0.214. The van der Waals surface area contributed by atoms with Crippen LogP contribution in [0.15, 0.2) is 6.07 Å². The first-order valence-electron chi connectivity index (χ1n) is 7.32. The Kier molecular flexibility index (Phi) is 2.27. The van der Waals surface area contributed by atoms with Gasteiger partial charge in [0.15, 0.2) is 11.6 Å². The second kappa shape index (κ2) is 3.81. The normalized spacial score (nSPS) is 21.4. The number of nitrogens with one attached hydrogen (secondary N) is 1. The lowest BCUT2D eigenvalue weighted by Crippen LogP contribution is -2.09. The van der Waals surface area contributed by atoms with Crippen LogP contribution >= 0.6 is 0 Å². The molecule has 3 nitrogen and oxygen atoms in total. The average Bonchev–Trinajstić information content (AvgIpc) is 2.89. The maximum Gasteiger partial charge on any atom is 0.179 e. The van der Waals surface area contributed by atoms with Gasteiger partial charge < -0.3 is 4.98 Å². The van der Waals surface area contributed by atoms with Crippen molar-refractivity contribution in [3.05, 3.63) is 34.0 Å². The Morgan fingerprint density at radius 1 is 1.20 bits per heavy atom. The fraction of sp³-hybridized carbons (Fsp3) is 0.412. The van der Waals surface area contributed by atoms with E-state index in [2.05, 4.69) is 11.9 Å². The van der Waals surface area contributed by atoms with Crippen molar-refractivity contribution in [2.75, 3.05) is 0 Å².